The molecule has 0 aliphatic carbocycles. The maximum absolute atomic E-state index is 12.5. The summed E-state index contributed by atoms with van der Waals surface area (Å²) in [5.74, 6) is 0.814. The molecule has 0 aromatic heterocycles. The van der Waals surface area contributed by atoms with Crippen molar-refractivity contribution < 1.29 is 19.0 Å². The van der Waals surface area contributed by atoms with Crippen molar-refractivity contribution in [1.29, 1.82) is 0 Å². The number of nitrogens with two attached hydrogens (primary N) is 2. The van der Waals surface area contributed by atoms with Gasteiger partial charge in [-0.15, -0.1) is 0 Å². The monoisotopic (exact) mass is 330 g/mol. The number of allylic oxidation sites excluding steroid dienone is 1. The van der Waals surface area contributed by atoms with E-state index in [0.29, 0.717) is 23.5 Å². The Morgan fingerprint density at radius 1 is 1.42 bits per heavy atom. The van der Waals surface area contributed by atoms with Crippen LogP contribution in [-0.2, 0) is 20.7 Å². The lowest BCUT2D eigenvalue weighted by Gasteiger charge is -2.29. The van der Waals surface area contributed by atoms with Gasteiger partial charge < -0.3 is 25.7 Å². The second-order valence-corrected chi connectivity index (χ2v) is 5.78. The first-order valence-corrected chi connectivity index (χ1v) is 8.06. The van der Waals surface area contributed by atoms with Gasteiger partial charge in [0.1, 0.15) is 11.5 Å². The molecule has 2 aliphatic rings. The van der Waals surface area contributed by atoms with Crippen LogP contribution in [0.4, 0.5) is 0 Å². The first-order valence-electron chi connectivity index (χ1n) is 8.06. The van der Waals surface area contributed by atoms with Crippen LogP contribution in [0.15, 0.2) is 41.0 Å². The number of carbonyl (C=O) groups excluding carboxylic acids is 1. The number of hydrogen-bond donors (Lipinski definition) is 2. The van der Waals surface area contributed by atoms with Crippen molar-refractivity contribution in [3.8, 4) is 5.75 Å². The van der Waals surface area contributed by atoms with Crippen LogP contribution in [0.25, 0.3) is 0 Å². The molecule has 1 atom stereocenters. The molecule has 1 aromatic rings. The Labute approximate surface area is 141 Å². The number of carbonyl (C=O) groups is 1. The highest BCUT2D eigenvalue weighted by atomic mass is 16.5. The van der Waals surface area contributed by atoms with Gasteiger partial charge in [-0.2, -0.15) is 0 Å². The van der Waals surface area contributed by atoms with E-state index in [9.17, 15) is 4.79 Å². The van der Waals surface area contributed by atoms with Crippen molar-refractivity contribution in [2.24, 2.45) is 11.5 Å². The van der Waals surface area contributed by atoms with Crippen LogP contribution in [0.3, 0.4) is 0 Å². The van der Waals surface area contributed by atoms with Gasteiger partial charge in [0.05, 0.1) is 18.8 Å². The molecule has 0 fully saturated rings. The van der Waals surface area contributed by atoms with E-state index in [1.54, 1.807) is 13.8 Å². The molecule has 0 spiro atoms. The Kier molecular flexibility index (Phi) is 4.49. The third-order valence-corrected chi connectivity index (χ3v) is 4.36. The number of hydrogen-bond acceptors (Lipinski definition) is 6. The maximum atomic E-state index is 12.5. The fraction of sp³-hybridized carbons (Fsp3) is 0.389. The molecule has 0 radical (unpaired) electrons. The highest BCUT2D eigenvalue weighted by molar-refractivity contribution is 5.92. The van der Waals surface area contributed by atoms with E-state index in [0.717, 1.165) is 23.3 Å². The quantitative estimate of drug-likeness (QED) is 0.816. The highest BCUT2D eigenvalue weighted by Gasteiger charge is 2.35. The molecule has 2 heterocycles. The minimum atomic E-state index is -0.407. The minimum Gasteiger partial charge on any atom is -0.493 e. The Morgan fingerprint density at radius 2 is 2.21 bits per heavy atom. The van der Waals surface area contributed by atoms with E-state index in [2.05, 4.69) is 0 Å². The summed E-state index contributed by atoms with van der Waals surface area (Å²) >= 11 is 0. The Hall–Kier alpha value is -2.47. The first kappa shape index (κ1) is 16.4. The van der Waals surface area contributed by atoms with Crippen LogP contribution in [0.2, 0.25) is 0 Å². The Morgan fingerprint density at radius 3 is 2.92 bits per heavy atom. The van der Waals surface area contributed by atoms with Crippen molar-refractivity contribution in [1.82, 2.24) is 0 Å². The fourth-order valence-electron chi connectivity index (χ4n) is 3.25. The van der Waals surface area contributed by atoms with Gasteiger partial charge in [-0.25, -0.2) is 4.79 Å². The molecule has 2 aliphatic heterocycles. The third kappa shape index (κ3) is 2.73. The summed E-state index contributed by atoms with van der Waals surface area (Å²) in [6.07, 6.45) is 0.848. The molecule has 1 aromatic carbocycles. The molecule has 24 heavy (non-hydrogen) atoms. The van der Waals surface area contributed by atoms with Gasteiger partial charge in [-0.1, -0.05) is 12.1 Å². The smallest absolute Gasteiger partial charge is 0.338 e. The molecular weight excluding hydrogens is 308 g/mol. The third-order valence-electron chi connectivity index (χ3n) is 4.36. The van der Waals surface area contributed by atoms with Crippen molar-refractivity contribution in [3.05, 3.63) is 52.1 Å². The molecular formula is C18H22N2O4. The minimum absolute atomic E-state index is 0.195. The zero-order valence-electron chi connectivity index (χ0n) is 13.9. The highest BCUT2D eigenvalue weighted by Crippen LogP contribution is 2.41. The zero-order valence-corrected chi connectivity index (χ0v) is 13.9. The lowest BCUT2D eigenvalue weighted by atomic mass is 9.82. The normalized spacial score (nSPS) is 19.7. The van der Waals surface area contributed by atoms with Crippen molar-refractivity contribution >= 4 is 5.97 Å². The average molecular weight is 330 g/mol. The van der Waals surface area contributed by atoms with Gasteiger partial charge in [0.15, 0.2) is 5.88 Å². The molecule has 4 N–H and O–H groups in total. The van der Waals surface area contributed by atoms with E-state index in [-0.39, 0.29) is 25.0 Å². The summed E-state index contributed by atoms with van der Waals surface area (Å²) in [6.45, 7) is 4.65. The van der Waals surface area contributed by atoms with E-state index in [4.69, 9.17) is 25.7 Å². The van der Waals surface area contributed by atoms with E-state index < -0.39 is 5.97 Å². The second-order valence-electron chi connectivity index (χ2n) is 5.78. The molecule has 128 valence electrons. The summed E-state index contributed by atoms with van der Waals surface area (Å²) in [5, 5.41) is 0. The summed E-state index contributed by atoms with van der Waals surface area (Å²) in [6, 6.07) is 5.92. The molecule has 6 nitrogen and oxygen atoms in total. The van der Waals surface area contributed by atoms with Gasteiger partial charge in [0, 0.05) is 24.5 Å². The summed E-state index contributed by atoms with van der Waals surface area (Å²) in [7, 11) is 0. The Balaban J connectivity index is 2.10. The number of ether oxygens (including phenoxy) is 3. The summed E-state index contributed by atoms with van der Waals surface area (Å²) in [4.78, 5) is 12.5. The average Bonchev–Trinajstić information content (AvgIpc) is 3.01. The number of fused-ring (bicyclic) bond motifs is 1. The van der Waals surface area contributed by atoms with Gasteiger partial charge in [0.2, 0.25) is 0 Å². The second kappa shape index (κ2) is 6.57. The molecule has 1 unspecified atom stereocenters. The van der Waals surface area contributed by atoms with Crippen LogP contribution in [-0.4, -0.2) is 25.7 Å². The first-order chi connectivity index (χ1) is 11.6. The number of rotatable bonds is 4. The lowest BCUT2D eigenvalue weighted by Crippen LogP contribution is -2.29. The zero-order chi connectivity index (χ0) is 17.3. The van der Waals surface area contributed by atoms with Gasteiger partial charge in [-0.3, -0.25) is 0 Å². The van der Waals surface area contributed by atoms with Crippen molar-refractivity contribution in [2.45, 2.75) is 26.2 Å². The van der Waals surface area contributed by atoms with Crippen LogP contribution in [0.1, 0.15) is 30.9 Å². The summed E-state index contributed by atoms with van der Waals surface area (Å²) < 4.78 is 16.3. The van der Waals surface area contributed by atoms with Crippen LogP contribution >= 0.6 is 0 Å². The number of benzene rings is 1. The van der Waals surface area contributed by atoms with Gasteiger partial charge in [-0.05, 0) is 31.0 Å². The van der Waals surface area contributed by atoms with E-state index >= 15 is 0 Å². The SMILES string of the molecule is CCOC(=O)C1=C(C)OC(N)=C(CN)C1c1ccc2c(c1)CCO2. The molecule has 6 heteroatoms. The van der Waals surface area contributed by atoms with Crippen LogP contribution in [0.5, 0.6) is 5.75 Å². The predicted octanol–water partition coefficient (Wildman–Crippen LogP) is 1.70. The Bertz CT molecular complexity index is 737. The molecule has 3 rings (SSSR count). The molecule has 0 amide bonds. The number of esters is 1. The fourth-order valence-corrected chi connectivity index (χ4v) is 3.25. The molecule has 0 saturated carbocycles. The van der Waals surface area contributed by atoms with E-state index in [1.807, 2.05) is 18.2 Å². The largest absolute Gasteiger partial charge is 0.493 e. The van der Waals surface area contributed by atoms with Crippen molar-refractivity contribution in [2.75, 3.05) is 19.8 Å². The van der Waals surface area contributed by atoms with E-state index in [1.165, 1.54) is 0 Å². The standard InChI is InChI=1S/C18H22N2O4/c1-3-22-18(21)15-10(2)24-17(20)13(9-19)16(15)12-4-5-14-11(8-12)6-7-23-14/h4-5,8,16H,3,6-7,9,19-20H2,1-2H3. The molecule has 0 bridgehead atoms. The topological polar surface area (TPSA) is 96.8 Å². The molecule has 0 saturated heterocycles. The van der Waals surface area contributed by atoms with Crippen molar-refractivity contribution in [3.63, 3.8) is 0 Å². The predicted molar refractivity (Wildman–Crippen MR) is 89.1 cm³/mol. The van der Waals surface area contributed by atoms with Gasteiger partial charge in [0.25, 0.3) is 0 Å². The maximum Gasteiger partial charge on any atom is 0.338 e. The summed E-state index contributed by atoms with van der Waals surface area (Å²) in [5.41, 5.74) is 15.1. The van der Waals surface area contributed by atoms with Gasteiger partial charge >= 0.3 is 5.97 Å². The van der Waals surface area contributed by atoms with Crippen LogP contribution in [0, 0.1) is 0 Å². The van der Waals surface area contributed by atoms with Crippen LogP contribution < -0.4 is 16.2 Å². The lowest BCUT2D eigenvalue weighted by molar-refractivity contribution is -0.139.